The lowest BCUT2D eigenvalue weighted by Gasteiger charge is -2.30. The maximum atomic E-state index is 6.64. The molecule has 10 rings (SSSR count). The van der Waals surface area contributed by atoms with Crippen molar-refractivity contribution in [2.45, 2.75) is 12.8 Å². The molecule has 0 unspecified atom stereocenters. The van der Waals surface area contributed by atoms with Gasteiger partial charge in [0.1, 0.15) is 11.2 Å². The van der Waals surface area contributed by atoms with Gasteiger partial charge in [0, 0.05) is 32.8 Å². The van der Waals surface area contributed by atoms with Gasteiger partial charge in [-0.2, -0.15) is 0 Å². The fraction of sp³-hybridized carbons (Fsp3) is 0.0417. The summed E-state index contributed by atoms with van der Waals surface area (Å²) in [6, 6.07) is 59.2. The van der Waals surface area contributed by atoms with Crippen LogP contribution in [0.25, 0.3) is 71.8 Å². The molecule has 9 aromatic rings. The number of nitrogens with zero attached hydrogens (tertiary/aromatic N) is 1. The first-order chi connectivity index (χ1) is 24.8. The van der Waals surface area contributed by atoms with E-state index in [4.69, 9.17) is 4.42 Å². The second-order valence-corrected chi connectivity index (χ2v) is 13.2. The molecule has 0 saturated carbocycles. The minimum atomic E-state index is 0.896. The van der Waals surface area contributed by atoms with Gasteiger partial charge in [-0.3, -0.25) is 0 Å². The molecule has 2 heteroatoms. The summed E-state index contributed by atoms with van der Waals surface area (Å²) in [5, 5.41) is 7.16. The molecule has 0 atom stereocenters. The largest absolute Gasteiger partial charge is 0.455 e. The van der Waals surface area contributed by atoms with Crippen LogP contribution in [0.5, 0.6) is 0 Å². The van der Waals surface area contributed by atoms with Crippen LogP contribution < -0.4 is 4.90 Å². The number of hydrogen-bond donors (Lipinski definition) is 0. The van der Waals surface area contributed by atoms with Crippen LogP contribution in [0.3, 0.4) is 0 Å². The Bertz CT molecular complexity index is 2750. The van der Waals surface area contributed by atoms with Crippen LogP contribution in [0, 0.1) is 0 Å². The lowest BCUT2D eigenvalue weighted by atomic mass is 9.90. The zero-order chi connectivity index (χ0) is 33.0. The third kappa shape index (κ3) is 4.57. The average molecular weight is 640 g/mol. The third-order valence-electron chi connectivity index (χ3n) is 10.3. The first-order valence-corrected chi connectivity index (χ1v) is 17.4. The number of hydrogen-bond acceptors (Lipinski definition) is 2. The number of anilines is 3. The van der Waals surface area contributed by atoms with Gasteiger partial charge in [-0.05, 0) is 87.8 Å². The van der Waals surface area contributed by atoms with E-state index in [1.54, 1.807) is 0 Å². The van der Waals surface area contributed by atoms with Crippen molar-refractivity contribution in [2.75, 3.05) is 4.90 Å². The number of rotatable bonds is 5. The van der Waals surface area contributed by atoms with E-state index in [1.165, 1.54) is 38.4 Å². The van der Waals surface area contributed by atoms with Crippen LogP contribution in [-0.2, 0) is 6.42 Å². The molecule has 8 aromatic carbocycles. The van der Waals surface area contributed by atoms with Crippen molar-refractivity contribution in [1.82, 2.24) is 0 Å². The molecular weight excluding hydrogens is 607 g/mol. The minimum Gasteiger partial charge on any atom is -0.455 e. The third-order valence-corrected chi connectivity index (χ3v) is 10.3. The Morgan fingerprint density at radius 1 is 0.480 bits per heavy atom. The Morgan fingerprint density at radius 3 is 2.12 bits per heavy atom. The summed E-state index contributed by atoms with van der Waals surface area (Å²) in [6.45, 7) is 0. The molecule has 0 bridgehead atoms. The van der Waals surface area contributed by atoms with E-state index >= 15 is 0 Å². The summed E-state index contributed by atoms with van der Waals surface area (Å²) in [5.74, 6) is 0. The van der Waals surface area contributed by atoms with Crippen molar-refractivity contribution in [3.8, 4) is 22.3 Å². The Balaban J connectivity index is 1.23. The average Bonchev–Trinajstić information content (AvgIpc) is 3.59. The molecule has 2 nitrogen and oxygen atoms in total. The van der Waals surface area contributed by atoms with Crippen LogP contribution in [-0.4, -0.2) is 0 Å². The minimum absolute atomic E-state index is 0.896. The van der Waals surface area contributed by atoms with E-state index in [-0.39, 0.29) is 0 Å². The van der Waals surface area contributed by atoms with Gasteiger partial charge < -0.3 is 9.32 Å². The fourth-order valence-corrected chi connectivity index (χ4v) is 8.00. The van der Waals surface area contributed by atoms with Crippen LogP contribution in [0.15, 0.2) is 174 Å². The van der Waals surface area contributed by atoms with Crippen LogP contribution in [0.2, 0.25) is 0 Å². The Hall–Kier alpha value is -6.38. The summed E-state index contributed by atoms with van der Waals surface area (Å²) < 4.78 is 6.64. The smallest absolute Gasteiger partial charge is 0.143 e. The molecule has 1 aliphatic carbocycles. The van der Waals surface area contributed by atoms with Gasteiger partial charge in [-0.1, -0.05) is 140 Å². The van der Waals surface area contributed by atoms with Gasteiger partial charge in [0.15, 0.2) is 0 Å². The molecule has 1 aromatic heterocycles. The molecular formula is C48H33NO. The van der Waals surface area contributed by atoms with Gasteiger partial charge in [0.05, 0.1) is 11.4 Å². The topological polar surface area (TPSA) is 16.4 Å². The number of benzene rings is 8. The fourth-order valence-electron chi connectivity index (χ4n) is 8.00. The van der Waals surface area contributed by atoms with Crippen molar-refractivity contribution in [3.63, 3.8) is 0 Å². The molecule has 0 saturated heterocycles. The highest BCUT2D eigenvalue weighted by Gasteiger charge is 2.23. The number of aryl methyl sites for hydroxylation is 1. The first-order valence-electron chi connectivity index (χ1n) is 17.4. The van der Waals surface area contributed by atoms with E-state index in [2.05, 4.69) is 181 Å². The lowest BCUT2D eigenvalue weighted by Crippen LogP contribution is -2.12. The second-order valence-electron chi connectivity index (χ2n) is 13.2. The Labute approximate surface area is 291 Å². The maximum absolute atomic E-state index is 6.64. The highest BCUT2D eigenvalue weighted by atomic mass is 16.3. The molecule has 1 aliphatic rings. The molecule has 50 heavy (non-hydrogen) atoms. The monoisotopic (exact) mass is 639 g/mol. The number of furan rings is 1. The molecule has 0 radical (unpaired) electrons. The van der Waals surface area contributed by atoms with Crippen molar-refractivity contribution >= 4 is 66.6 Å². The number of fused-ring (bicyclic) bond motifs is 8. The van der Waals surface area contributed by atoms with E-state index in [1.807, 2.05) is 0 Å². The van der Waals surface area contributed by atoms with Crippen LogP contribution in [0.4, 0.5) is 17.1 Å². The van der Waals surface area contributed by atoms with E-state index in [9.17, 15) is 0 Å². The zero-order valence-corrected chi connectivity index (χ0v) is 27.5. The van der Waals surface area contributed by atoms with Gasteiger partial charge >= 0.3 is 0 Å². The molecule has 0 fully saturated rings. The summed E-state index contributed by atoms with van der Waals surface area (Å²) in [5.41, 5.74) is 12.7. The second kappa shape index (κ2) is 11.6. The Kier molecular flexibility index (Phi) is 6.67. The molecule has 0 aliphatic heterocycles. The first kappa shape index (κ1) is 28.6. The zero-order valence-electron chi connectivity index (χ0n) is 27.5. The van der Waals surface area contributed by atoms with Crippen molar-refractivity contribution in [3.05, 3.63) is 181 Å². The summed E-state index contributed by atoms with van der Waals surface area (Å²) in [7, 11) is 0. The quantitative estimate of drug-likeness (QED) is 0.186. The maximum Gasteiger partial charge on any atom is 0.143 e. The summed E-state index contributed by atoms with van der Waals surface area (Å²) in [4.78, 5) is 2.45. The van der Waals surface area contributed by atoms with E-state index < -0.39 is 0 Å². The van der Waals surface area contributed by atoms with Crippen LogP contribution >= 0.6 is 0 Å². The Morgan fingerprint density at radius 2 is 1.20 bits per heavy atom. The van der Waals surface area contributed by atoms with Gasteiger partial charge in [0.25, 0.3) is 0 Å². The van der Waals surface area contributed by atoms with Crippen molar-refractivity contribution in [2.24, 2.45) is 0 Å². The standard InChI is InChI=1S/C48H33NO/c1-2-12-32(13-3-1)33-24-28-36(29-25-33)49(45-22-10-19-39-37-16-6-4-14-34(37)26-30-41(39)45)44-21-9-8-18-40(44)42-20-11-23-46-47(42)43-31-27-35-15-5-7-17-38(35)48(43)50-46/h1-5,7-15,17-31H,6,16H2. The van der Waals surface area contributed by atoms with Crippen molar-refractivity contribution < 1.29 is 4.42 Å². The number of allylic oxidation sites excluding steroid dienone is 1. The molecule has 0 N–H and O–H groups in total. The molecule has 236 valence electrons. The summed E-state index contributed by atoms with van der Waals surface area (Å²) in [6.07, 6.45) is 6.69. The number of para-hydroxylation sites is 1. The summed E-state index contributed by atoms with van der Waals surface area (Å²) >= 11 is 0. The molecule has 0 amide bonds. The van der Waals surface area contributed by atoms with Crippen molar-refractivity contribution in [1.29, 1.82) is 0 Å². The van der Waals surface area contributed by atoms with Gasteiger partial charge in [0.2, 0.25) is 0 Å². The molecule has 0 spiro atoms. The highest BCUT2D eigenvalue weighted by Crippen LogP contribution is 2.47. The predicted octanol–water partition coefficient (Wildman–Crippen LogP) is 13.7. The van der Waals surface area contributed by atoms with Crippen LogP contribution in [0.1, 0.15) is 17.5 Å². The van der Waals surface area contributed by atoms with Gasteiger partial charge in [-0.15, -0.1) is 0 Å². The highest BCUT2D eigenvalue weighted by molar-refractivity contribution is 6.20. The SMILES string of the molecule is C1=Cc2ccc3c(N(c4ccc(-c5ccccc5)cc4)c4ccccc4-c4cccc5oc6c7ccccc7ccc6c45)cccc3c2CC1. The lowest BCUT2D eigenvalue weighted by molar-refractivity contribution is 0.673. The predicted molar refractivity (Wildman–Crippen MR) is 212 cm³/mol. The molecule has 1 heterocycles. The van der Waals surface area contributed by atoms with E-state index in [0.717, 1.165) is 68.4 Å². The van der Waals surface area contributed by atoms with Gasteiger partial charge in [-0.25, -0.2) is 0 Å². The normalized spacial score (nSPS) is 12.6. The van der Waals surface area contributed by atoms with E-state index in [0.29, 0.717) is 0 Å².